The van der Waals surface area contributed by atoms with Gasteiger partial charge in [0.1, 0.15) is 6.17 Å². The summed E-state index contributed by atoms with van der Waals surface area (Å²) in [5.41, 5.74) is 0.597. The fraction of sp³-hybridized carbons (Fsp3) is 0.273. The second-order valence-electron chi connectivity index (χ2n) is 3.78. The van der Waals surface area contributed by atoms with E-state index in [0.29, 0.717) is 10.7 Å². The highest BCUT2D eigenvalue weighted by Gasteiger charge is 2.34. The van der Waals surface area contributed by atoms with E-state index in [1.54, 1.807) is 24.3 Å². The fourth-order valence-corrected chi connectivity index (χ4v) is 2.02. The minimum atomic E-state index is -1.93. The highest BCUT2D eigenvalue weighted by Crippen LogP contribution is 2.29. The van der Waals surface area contributed by atoms with Gasteiger partial charge in [0.05, 0.1) is 0 Å². The number of alkyl halides is 4. The second-order valence-corrected chi connectivity index (χ2v) is 7.00. The lowest BCUT2D eigenvalue weighted by Crippen LogP contribution is -2.56. The number of halogens is 5. The third-order valence-electron chi connectivity index (χ3n) is 2.11. The van der Waals surface area contributed by atoms with E-state index in [2.05, 4.69) is 16.0 Å². The van der Waals surface area contributed by atoms with Crippen molar-refractivity contribution in [3.63, 3.8) is 0 Å². The molecule has 0 radical (unpaired) electrons. The van der Waals surface area contributed by atoms with E-state index in [9.17, 15) is 9.18 Å². The minimum absolute atomic E-state index is 0.0627. The summed E-state index contributed by atoms with van der Waals surface area (Å²) in [6.07, 6.45) is -1.20. The van der Waals surface area contributed by atoms with Gasteiger partial charge in [-0.05, 0) is 30.4 Å². The number of amides is 1. The molecule has 21 heavy (non-hydrogen) atoms. The van der Waals surface area contributed by atoms with Crippen molar-refractivity contribution < 1.29 is 9.18 Å². The smallest absolute Gasteiger partial charge is 0.253 e. The summed E-state index contributed by atoms with van der Waals surface area (Å²) < 4.78 is 10.3. The number of carbonyl (C=O) groups is 1. The van der Waals surface area contributed by atoms with Crippen LogP contribution in [0.2, 0.25) is 5.02 Å². The highest BCUT2D eigenvalue weighted by molar-refractivity contribution is 7.80. The fourth-order valence-electron chi connectivity index (χ4n) is 1.26. The topological polar surface area (TPSA) is 53.2 Å². The zero-order valence-corrected chi connectivity index (χ0v) is 14.1. The molecule has 0 aliphatic rings. The maximum Gasteiger partial charge on any atom is 0.253 e. The molecule has 1 aromatic rings. The van der Waals surface area contributed by atoms with Crippen LogP contribution in [0.25, 0.3) is 0 Å². The van der Waals surface area contributed by atoms with E-state index >= 15 is 0 Å². The van der Waals surface area contributed by atoms with Crippen molar-refractivity contribution in [2.24, 2.45) is 0 Å². The third-order valence-corrected chi connectivity index (χ3v) is 3.22. The molecule has 0 bridgehead atoms. The van der Waals surface area contributed by atoms with Crippen LogP contribution in [-0.4, -0.2) is 27.7 Å². The van der Waals surface area contributed by atoms with E-state index in [1.807, 2.05) is 0 Å². The van der Waals surface area contributed by atoms with Gasteiger partial charge in [-0.2, -0.15) is 0 Å². The Labute approximate surface area is 146 Å². The Morgan fingerprint density at radius 2 is 2.00 bits per heavy atom. The quantitative estimate of drug-likeness (QED) is 0.417. The molecule has 3 N–H and O–H groups in total. The van der Waals surface area contributed by atoms with Gasteiger partial charge in [0.2, 0.25) is 3.79 Å². The summed E-state index contributed by atoms with van der Waals surface area (Å²) in [5.74, 6) is -0.940. The lowest BCUT2D eigenvalue weighted by molar-refractivity contribution is -0.122. The van der Waals surface area contributed by atoms with Crippen molar-refractivity contribution in [1.29, 1.82) is 0 Å². The highest BCUT2D eigenvalue weighted by atomic mass is 35.6. The Hall–Kier alpha value is -0.530. The summed E-state index contributed by atoms with van der Waals surface area (Å²) >= 11 is 27.9. The van der Waals surface area contributed by atoms with E-state index in [4.69, 9.17) is 58.6 Å². The summed E-state index contributed by atoms with van der Waals surface area (Å²) in [6.45, 7) is -1.24. The van der Waals surface area contributed by atoms with E-state index in [0.717, 1.165) is 0 Å². The number of hydrogen-bond acceptors (Lipinski definition) is 2. The van der Waals surface area contributed by atoms with Gasteiger partial charge in [0, 0.05) is 10.7 Å². The van der Waals surface area contributed by atoms with Crippen molar-refractivity contribution in [3.8, 4) is 0 Å². The first-order valence-electron chi connectivity index (χ1n) is 5.47. The number of thiocarbonyl (C=S) groups is 1. The molecule has 10 heteroatoms. The number of hydrogen-bond donors (Lipinski definition) is 3. The molecule has 0 aliphatic heterocycles. The molecule has 116 valence electrons. The van der Waals surface area contributed by atoms with Gasteiger partial charge in [-0.3, -0.25) is 4.79 Å². The Morgan fingerprint density at radius 1 is 1.33 bits per heavy atom. The molecular formula is C11H10Cl4FN3OS. The first-order valence-corrected chi connectivity index (χ1v) is 7.39. The maximum absolute atomic E-state index is 12.2. The van der Waals surface area contributed by atoms with Crippen molar-refractivity contribution >= 4 is 75.3 Å². The van der Waals surface area contributed by atoms with Crippen LogP contribution in [0.3, 0.4) is 0 Å². The summed E-state index contributed by atoms with van der Waals surface area (Å²) in [4.78, 5) is 11.1. The SMILES string of the molecule is O=C(CF)N[C@H](NC(=S)Nc1cccc(Cl)c1)C(Cl)(Cl)Cl. The molecule has 0 saturated carbocycles. The van der Waals surface area contributed by atoms with Crippen molar-refractivity contribution in [3.05, 3.63) is 29.3 Å². The molecular weight excluding hydrogens is 383 g/mol. The van der Waals surface area contributed by atoms with Crippen molar-refractivity contribution in [2.45, 2.75) is 9.96 Å². The number of nitrogens with one attached hydrogen (secondary N) is 3. The van der Waals surface area contributed by atoms with Crippen LogP contribution in [0.1, 0.15) is 0 Å². The second kappa shape index (κ2) is 8.19. The zero-order chi connectivity index (χ0) is 16.0. The van der Waals surface area contributed by atoms with Gasteiger partial charge in [-0.1, -0.05) is 52.5 Å². The number of benzene rings is 1. The lowest BCUT2D eigenvalue weighted by atomic mass is 10.3. The minimum Gasteiger partial charge on any atom is -0.339 e. The summed E-state index contributed by atoms with van der Waals surface area (Å²) in [5, 5.41) is 8.09. The number of anilines is 1. The van der Waals surface area contributed by atoms with E-state index in [1.165, 1.54) is 0 Å². The lowest BCUT2D eigenvalue weighted by Gasteiger charge is -2.27. The van der Waals surface area contributed by atoms with Crippen LogP contribution in [0.5, 0.6) is 0 Å². The monoisotopic (exact) mass is 391 g/mol. The van der Waals surface area contributed by atoms with Gasteiger partial charge in [0.25, 0.3) is 5.91 Å². The number of carbonyl (C=O) groups excluding carboxylic acids is 1. The summed E-state index contributed by atoms with van der Waals surface area (Å²) in [6, 6.07) is 6.74. The predicted octanol–water partition coefficient (Wildman–Crippen LogP) is 3.41. The van der Waals surface area contributed by atoms with Gasteiger partial charge < -0.3 is 16.0 Å². The van der Waals surface area contributed by atoms with Crippen LogP contribution in [0.4, 0.5) is 10.1 Å². The van der Waals surface area contributed by atoms with Crippen molar-refractivity contribution in [1.82, 2.24) is 10.6 Å². The first kappa shape index (κ1) is 18.5. The molecule has 0 fully saturated rings. The molecule has 0 spiro atoms. The molecule has 4 nitrogen and oxygen atoms in total. The van der Waals surface area contributed by atoms with Crippen LogP contribution in [0, 0.1) is 0 Å². The summed E-state index contributed by atoms with van der Waals surface area (Å²) in [7, 11) is 0. The van der Waals surface area contributed by atoms with Crippen LogP contribution < -0.4 is 16.0 Å². The third kappa shape index (κ3) is 6.84. The first-order chi connectivity index (χ1) is 9.72. The van der Waals surface area contributed by atoms with E-state index < -0.39 is 22.5 Å². The zero-order valence-electron chi connectivity index (χ0n) is 10.3. The van der Waals surface area contributed by atoms with Crippen molar-refractivity contribution in [2.75, 3.05) is 12.0 Å². The molecule has 1 atom stereocenters. The predicted molar refractivity (Wildman–Crippen MR) is 89.0 cm³/mol. The molecule has 0 aromatic heterocycles. The van der Waals surface area contributed by atoms with Gasteiger partial charge in [-0.25, -0.2) is 4.39 Å². The maximum atomic E-state index is 12.2. The van der Waals surface area contributed by atoms with Gasteiger partial charge in [-0.15, -0.1) is 0 Å². The average molecular weight is 393 g/mol. The normalized spacial score (nSPS) is 12.4. The van der Waals surface area contributed by atoms with Crippen LogP contribution in [-0.2, 0) is 4.79 Å². The Balaban J connectivity index is 2.70. The molecule has 0 saturated heterocycles. The van der Waals surface area contributed by atoms with Gasteiger partial charge >= 0.3 is 0 Å². The molecule has 0 heterocycles. The molecule has 0 unspecified atom stereocenters. The standard InChI is InChI=1S/C11H10Cl4FN3OS/c12-6-2-1-3-7(4-6)17-10(21)19-9(11(13,14)15)18-8(20)5-16/h1-4,9H,5H2,(H,18,20)(H2,17,19,21)/t9-/m1/s1. The Morgan fingerprint density at radius 3 is 2.52 bits per heavy atom. The molecule has 1 aromatic carbocycles. The largest absolute Gasteiger partial charge is 0.339 e. The van der Waals surface area contributed by atoms with E-state index in [-0.39, 0.29) is 5.11 Å². The molecule has 1 rings (SSSR count). The Bertz CT molecular complexity index is 526. The molecule has 0 aliphatic carbocycles. The average Bonchev–Trinajstić information content (AvgIpc) is 2.36. The molecule has 1 amide bonds. The van der Waals surface area contributed by atoms with Gasteiger partial charge in [0.15, 0.2) is 11.8 Å². The number of rotatable bonds is 4. The van der Waals surface area contributed by atoms with Crippen LogP contribution >= 0.6 is 58.6 Å². The Kier molecular flexibility index (Phi) is 7.23. The van der Waals surface area contributed by atoms with Crippen LogP contribution in [0.15, 0.2) is 24.3 Å².